The van der Waals surface area contributed by atoms with Crippen LogP contribution in [0.2, 0.25) is 0 Å². The average molecular weight is 513 g/mol. The van der Waals surface area contributed by atoms with Crippen molar-refractivity contribution in [2.75, 3.05) is 25.6 Å². The lowest BCUT2D eigenvalue weighted by Crippen LogP contribution is -2.46. The first-order chi connectivity index (χ1) is 16.2. The molecule has 1 fully saturated rings. The number of rotatable bonds is 11. The van der Waals surface area contributed by atoms with Crippen LogP contribution in [-0.4, -0.2) is 51.1 Å². The Morgan fingerprint density at radius 2 is 1.91 bits per heavy atom. The SMILES string of the molecule is CCOC(=O)C1CSC(OS(=O)(=O)c2ccc(C)cc2)(c2ccccc2OCCO[N+](=O)[O-])N1. The highest BCUT2D eigenvalue weighted by Gasteiger charge is 2.50. The summed E-state index contributed by atoms with van der Waals surface area (Å²) >= 11 is 1.06. The Kier molecular flexibility index (Phi) is 8.36. The second kappa shape index (κ2) is 11.0. The predicted octanol–water partition coefficient (Wildman–Crippen LogP) is 2.37. The molecule has 184 valence electrons. The number of benzene rings is 2. The van der Waals surface area contributed by atoms with Crippen LogP contribution in [0.3, 0.4) is 0 Å². The minimum absolute atomic E-state index is 0.0581. The standard InChI is InChI=1S/C21H24N2O9S2/c1-3-29-20(24)18-14-33-21(22-18,32-34(27,28)16-10-8-15(2)9-11-16)17-6-4-5-7-19(17)30-12-13-31-23(25)26/h4-11,18,22H,3,12-14H2,1-2H3. The first kappa shape index (κ1) is 25.7. The summed E-state index contributed by atoms with van der Waals surface area (Å²) < 4.78 is 42.9. The molecule has 34 heavy (non-hydrogen) atoms. The van der Waals surface area contributed by atoms with E-state index in [1.54, 1.807) is 43.3 Å². The van der Waals surface area contributed by atoms with Crippen molar-refractivity contribution in [3.05, 3.63) is 69.8 Å². The molecule has 2 unspecified atom stereocenters. The summed E-state index contributed by atoms with van der Waals surface area (Å²) in [5.74, 6) is -0.176. The van der Waals surface area contributed by atoms with E-state index in [0.29, 0.717) is 0 Å². The molecular weight excluding hydrogens is 488 g/mol. The van der Waals surface area contributed by atoms with Crippen molar-refractivity contribution in [3.8, 4) is 5.75 Å². The number of thioether (sulfide) groups is 1. The molecule has 0 bridgehead atoms. The molecule has 0 aromatic heterocycles. The summed E-state index contributed by atoms with van der Waals surface area (Å²) in [6.45, 7) is 3.15. The Labute approximate surface area is 200 Å². The summed E-state index contributed by atoms with van der Waals surface area (Å²) in [6, 6.07) is 11.8. The Balaban J connectivity index is 1.96. The second-order valence-electron chi connectivity index (χ2n) is 7.13. The minimum atomic E-state index is -4.29. The first-order valence-electron chi connectivity index (χ1n) is 10.3. The number of nitrogens with one attached hydrogen (secondary N) is 1. The van der Waals surface area contributed by atoms with E-state index in [4.69, 9.17) is 13.7 Å². The van der Waals surface area contributed by atoms with E-state index in [0.717, 1.165) is 17.3 Å². The van der Waals surface area contributed by atoms with Crippen LogP contribution in [0.5, 0.6) is 5.75 Å². The van der Waals surface area contributed by atoms with Gasteiger partial charge in [-0.15, -0.1) is 21.9 Å². The van der Waals surface area contributed by atoms with Gasteiger partial charge in [-0.1, -0.05) is 35.9 Å². The Morgan fingerprint density at radius 3 is 2.59 bits per heavy atom. The summed E-state index contributed by atoms with van der Waals surface area (Å²) in [5.41, 5.74) is 1.16. The minimum Gasteiger partial charge on any atom is -0.491 e. The van der Waals surface area contributed by atoms with E-state index in [9.17, 15) is 23.3 Å². The zero-order chi connectivity index (χ0) is 24.8. The van der Waals surface area contributed by atoms with E-state index in [-0.39, 0.29) is 41.8 Å². The highest BCUT2D eigenvalue weighted by molar-refractivity contribution is 8.01. The monoisotopic (exact) mass is 512 g/mol. The molecule has 2 aromatic rings. The topological polar surface area (TPSA) is 143 Å². The summed E-state index contributed by atoms with van der Waals surface area (Å²) in [6.07, 6.45) is 0. The molecule has 1 saturated heterocycles. The summed E-state index contributed by atoms with van der Waals surface area (Å²) in [4.78, 5) is 27.0. The zero-order valence-corrected chi connectivity index (χ0v) is 20.1. The molecule has 3 rings (SSSR count). The maximum atomic E-state index is 13.2. The van der Waals surface area contributed by atoms with Crippen molar-refractivity contribution in [2.24, 2.45) is 0 Å². The van der Waals surface area contributed by atoms with Crippen molar-refractivity contribution < 1.29 is 36.8 Å². The van der Waals surface area contributed by atoms with Gasteiger partial charge in [-0.3, -0.25) is 10.1 Å². The van der Waals surface area contributed by atoms with Crippen LogP contribution in [0.4, 0.5) is 0 Å². The quantitative estimate of drug-likeness (QED) is 0.156. The molecule has 1 heterocycles. The number of hydrogen-bond acceptors (Lipinski definition) is 11. The molecule has 0 amide bonds. The van der Waals surface area contributed by atoms with Crippen molar-refractivity contribution >= 4 is 27.8 Å². The summed E-state index contributed by atoms with van der Waals surface area (Å²) in [7, 11) is -4.29. The maximum absolute atomic E-state index is 13.2. The van der Waals surface area contributed by atoms with Gasteiger partial charge < -0.3 is 14.3 Å². The van der Waals surface area contributed by atoms with Crippen molar-refractivity contribution in [1.29, 1.82) is 0 Å². The van der Waals surface area contributed by atoms with E-state index >= 15 is 0 Å². The third kappa shape index (κ3) is 6.17. The fourth-order valence-electron chi connectivity index (χ4n) is 3.17. The molecule has 2 aromatic carbocycles. The first-order valence-corrected chi connectivity index (χ1v) is 12.7. The molecule has 1 aliphatic heterocycles. The van der Waals surface area contributed by atoms with E-state index < -0.39 is 32.3 Å². The molecular formula is C21H24N2O9S2. The fourth-order valence-corrected chi connectivity index (χ4v) is 5.81. The van der Waals surface area contributed by atoms with Gasteiger partial charge in [0.05, 0.1) is 17.1 Å². The van der Waals surface area contributed by atoms with Gasteiger partial charge in [-0.25, -0.2) is 4.18 Å². The third-order valence-electron chi connectivity index (χ3n) is 4.70. The van der Waals surface area contributed by atoms with Crippen LogP contribution in [0, 0.1) is 17.0 Å². The highest BCUT2D eigenvalue weighted by Crippen LogP contribution is 2.46. The van der Waals surface area contributed by atoms with Crippen molar-refractivity contribution in [1.82, 2.24) is 5.32 Å². The van der Waals surface area contributed by atoms with Gasteiger partial charge in [-0.05, 0) is 32.0 Å². The Hall–Kier alpha value is -2.87. The Morgan fingerprint density at radius 1 is 1.21 bits per heavy atom. The number of nitrogens with zero attached hydrogens (tertiary/aromatic N) is 1. The van der Waals surface area contributed by atoms with Crippen molar-refractivity contribution in [3.63, 3.8) is 0 Å². The normalized spacial score (nSPS) is 20.0. The lowest BCUT2D eigenvalue weighted by Gasteiger charge is -2.30. The van der Waals surface area contributed by atoms with Gasteiger partial charge in [-0.2, -0.15) is 8.42 Å². The molecule has 0 saturated carbocycles. The van der Waals surface area contributed by atoms with Crippen LogP contribution < -0.4 is 10.1 Å². The maximum Gasteiger partial charge on any atom is 0.324 e. The van der Waals surface area contributed by atoms with Gasteiger partial charge in [0, 0.05) is 5.75 Å². The zero-order valence-electron chi connectivity index (χ0n) is 18.5. The molecule has 0 spiro atoms. The lowest BCUT2D eigenvalue weighted by atomic mass is 10.1. The number of ether oxygens (including phenoxy) is 2. The van der Waals surface area contributed by atoms with Crippen LogP contribution in [0.25, 0.3) is 0 Å². The van der Waals surface area contributed by atoms with Gasteiger partial charge >= 0.3 is 5.97 Å². The number of carbonyl (C=O) groups excluding carboxylic acids is 1. The van der Waals surface area contributed by atoms with Gasteiger partial charge in [0.2, 0.25) is 5.06 Å². The second-order valence-corrected chi connectivity index (χ2v) is 9.87. The summed E-state index contributed by atoms with van der Waals surface area (Å²) in [5, 5.41) is 10.7. The molecule has 13 heteroatoms. The van der Waals surface area contributed by atoms with E-state index in [2.05, 4.69) is 10.2 Å². The lowest BCUT2D eigenvalue weighted by molar-refractivity contribution is -0.757. The molecule has 2 atom stereocenters. The van der Waals surface area contributed by atoms with E-state index in [1.165, 1.54) is 12.1 Å². The van der Waals surface area contributed by atoms with E-state index in [1.807, 2.05) is 6.92 Å². The molecule has 0 radical (unpaired) electrons. The molecule has 0 aliphatic carbocycles. The van der Waals surface area contributed by atoms with Gasteiger partial charge in [0.25, 0.3) is 15.2 Å². The average Bonchev–Trinajstić information content (AvgIpc) is 3.22. The predicted molar refractivity (Wildman–Crippen MR) is 122 cm³/mol. The fraction of sp³-hybridized carbons (Fsp3) is 0.381. The van der Waals surface area contributed by atoms with Crippen LogP contribution >= 0.6 is 11.8 Å². The molecule has 1 aliphatic rings. The smallest absolute Gasteiger partial charge is 0.324 e. The number of aryl methyl sites for hydroxylation is 1. The largest absolute Gasteiger partial charge is 0.491 e. The number of para-hydroxylation sites is 1. The third-order valence-corrected chi connectivity index (χ3v) is 7.46. The number of carbonyl (C=O) groups is 1. The molecule has 1 N–H and O–H groups in total. The van der Waals surface area contributed by atoms with Gasteiger partial charge in [0.15, 0.2) is 0 Å². The van der Waals surface area contributed by atoms with Crippen molar-refractivity contribution in [2.45, 2.75) is 29.8 Å². The highest BCUT2D eigenvalue weighted by atomic mass is 32.2. The molecule has 11 nitrogen and oxygen atoms in total. The van der Waals surface area contributed by atoms with Gasteiger partial charge in [0.1, 0.15) is 25.0 Å². The van der Waals surface area contributed by atoms with Crippen LogP contribution in [0.15, 0.2) is 53.4 Å². The number of hydrogen-bond donors (Lipinski definition) is 1. The Bertz CT molecular complexity index is 1130. The van der Waals surface area contributed by atoms with Crippen LogP contribution in [0.1, 0.15) is 18.1 Å². The van der Waals surface area contributed by atoms with Crippen LogP contribution in [-0.2, 0) is 33.7 Å². The number of esters is 1.